The molecule has 0 aliphatic carbocycles. The third-order valence-electron chi connectivity index (χ3n) is 2.16. The second-order valence-corrected chi connectivity index (χ2v) is 4.75. The van der Waals surface area contributed by atoms with Crippen LogP contribution in [-0.2, 0) is 0 Å². The van der Waals surface area contributed by atoms with Gasteiger partial charge in [0.2, 0.25) is 0 Å². The van der Waals surface area contributed by atoms with Crippen molar-refractivity contribution in [3.05, 3.63) is 42.0 Å². The second kappa shape index (κ2) is 6.70. The van der Waals surface area contributed by atoms with E-state index in [2.05, 4.69) is 43.9 Å². The van der Waals surface area contributed by atoms with Gasteiger partial charge in [0.15, 0.2) is 0 Å². The van der Waals surface area contributed by atoms with Gasteiger partial charge in [0.05, 0.1) is 0 Å². The van der Waals surface area contributed by atoms with Gasteiger partial charge in [-0.05, 0) is 25.5 Å². The molecular formula is C13H19NS. The van der Waals surface area contributed by atoms with Crippen molar-refractivity contribution in [3.63, 3.8) is 0 Å². The summed E-state index contributed by atoms with van der Waals surface area (Å²) in [6.07, 6.45) is 1.89. The molecule has 1 aromatic rings. The Balaban J connectivity index is 2.34. The molecule has 0 aliphatic heterocycles. The molecule has 0 atom stereocenters. The topological polar surface area (TPSA) is 12.0 Å². The molecule has 0 fully saturated rings. The van der Waals surface area contributed by atoms with Crippen LogP contribution in [0.15, 0.2) is 35.7 Å². The lowest BCUT2D eigenvalue weighted by Crippen LogP contribution is -2.16. The van der Waals surface area contributed by atoms with Crippen LogP contribution < -0.4 is 5.32 Å². The van der Waals surface area contributed by atoms with Gasteiger partial charge in [-0.2, -0.15) is 0 Å². The van der Waals surface area contributed by atoms with Crippen molar-refractivity contribution < 1.29 is 0 Å². The Kier molecular flexibility index (Phi) is 5.51. The maximum Gasteiger partial charge on any atom is 0.0132 e. The zero-order valence-electron chi connectivity index (χ0n) is 9.55. The molecule has 0 aromatic heterocycles. The van der Waals surface area contributed by atoms with Gasteiger partial charge in [-0.25, -0.2) is 0 Å². The van der Waals surface area contributed by atoms with Crippen LogP contribution in [0.5, 0.6) is 0 Å². The molecule has 0 amide bonds. The molecular weight excluding hydrogens is 202 g/mol. The van der Waals surface area contributed by atoms with Crippen LogP contribution >= 0.6 is 11.8 Å². The van der Waals surface area contributed by atoms with Gasteiger partial charge in [0, 0.05) is 23.7 Å². The third kappa shape index (κ3) is 4.54. The predicted octanol–water partition coefficient (Wildman–Crippen LogP) is 3.17. The lowest BCUT2D eigenvalue weighted by atomic mass is 10.2. The van der Waals surface area contributed by atoms with Crippen LogP contribution in [0.3, 0.4) is 0 Å². The maximum absolute atomic E-state index is 3.67. The second-order valence-electron chi connectivity index (χ2n) is 3.61. The number of rotatable bonds is 6. The van der Waals surface area contributed by atoms with E-state index >= 15 is 0 Å². The highest BCUT2D eigenvalue weighted by Gasteiger charge is 1.98. The minimum Gasteiger partial charge on any atom is -0.312 e. The molecule has 1 nitrogen and oxygen atoms in total. The highest BCUT2D eigenvalue weighted by molar-refractivity contribution is 7.99. The van der Waals surface area contributed by atoms with E-state index in [1.807, 2.05) is 17.8 Å². The first-order valence-corrected chi connectivity index (χ1v) is 6.24. The summed E-state index contributed by atoms with van der Waals surface area (Å²) >= 11 is 1.91. The molecule has 0 aliphatic rings. The molecule has 1 aromatic carbocycles. The Labute approximate surface area is 97.0 Å². The van der Waals surface area contributed by atoms with Crippen molar-refractivity contribution >= 4 is 11.8 Å². The van der Waals surface area contributed by atoms with Crippen molar-refractivity contribution in [1.82, 2.24) is 5.32 Å². The van der Waals surface area contributed by atoms with Crippen LogP contribution in [-0.4, -0.2) is 18.8 Å². The molecule has 0 bridgehead atoms. The molecule has 0 spiro atoms. The molecule has 82 valence electrons. The Bertz CT molecular complexity index is 320. The number of aryl methyl sites for hydroxylation is 2. The summed E-state index contributed by atoms with van der Waals surface area (Å²) in [6.45, 7) is 9.90. The summed E-state index contributed by atoms with van der Waals surface area (Å²) in [5.41, 5.74) is 2.71. The average Bonchev–Trinajstić information content (AvgIpc) is 2.20. The minimum atomic E-state index is 0.896. The zero-order chi connectivity index (χ0) is 11.1. The van der Waals surface area contributed by atoms with E-state index in [-0.39, 0.29) is 0 Å². The van der Waals surface area contributed by atoms with Crippen molar-refractivity contribution in [3.8, 4) is 0 Å². The van der Waals surface area contributed by atoms with Crippen LogP contribution in [0.25, 0.3) is 0 Å². The molecule has 0 unspecified atom stereocenters. The first-order valence-electron chi connectivity index (χ1n) is 5.25. The van der Waals surface area contributed by atoms with Gasteiger partial charge in [0.1, 0.15) is 0 Å². The van der Waals surface area contributed by atoms with E-state index in [4.69, 9.17) is 0 Å². The van der Waals surface area contributed by atoms with E-state index in [0.717, 1.165) is 18.8 Å². The lowest BCUT2D eigenvalue weighted by Gasteiger charge is -2.06. The predicted molar refractivity (Wildman–Crippen MR) is 69.7 cm³/mol. The fourth-order valence-electron chi connectivity index (χ4n) is 1.40. The number of nitrogens with one attached hydrogen (secondary N) is 1. The number of hydrogen-bond donors (Lipinski definition) is 1. The standard InChI is InChI=1S/C13H19NS/c1-4-7-14-8-9-15-13-6-5-11(2)10-12(13)3/h4-6,10,14H,1,7-9H2,2-3H3. The summed E-state index contributed by atoms with van der Waals surface area (Å²) in [5, 5.41) is 3.30. The first-order chi connectivity index (χ1) is 7.24. The molecule has 0 saturated carbocycles. The van der Waals surface area contributed by atoms with Crippen LogP contribution in [0.1, 0.15) is 11.1 Å². The number of hydrogen-bond acceptors (Lipinski definition) is 2. The van der Waals surface area contributed by atoms with Gasteiger partial charge < -0.3 is 5.32 Å². The lowest BCUT2D eigenvalue weighted by molar-refractivity contribution is 0.807. The SMILES string of the molecule is C=CCNCCSc1ccc(C)cc1C. The van der Waals surface area contributed by atoms with Gasteiger partial charge in [0.25, 0.3) is 0 Å². The van der Waals surface area contributed by atoms with Gasteiger partial charge >= 0.3 is 0 Å². The van der Waals surface area contributed by atoms with E-state index in [0.29, 0.717) is 0 Å². The summed E-state index contributed by atoms with van der Waals surface area (Å²) < 4.78 is 0. The Morgan fingerprint density at radius 1 is 1.40 bits per heavy atom. The quantitative estimate of drug-likeness (QED) is 0.450. The maximum atomic E-state index is 3.67. The van der Waals surface area contributed by atoms with E-state index in [1.54, 1.807) is 0 Å². The molecule has 2 heteroatoms. The smallest absolute Gasteiger partial charge is 0.0132 e. The normalized spacial score (nSPS) is 10.3. The van der Waals surface area contributed by atoms with Gasteiger partial charge in [-0.1, -0.05) is 23.8 Å². The number of benzene rings is 1. The molecule has 15 heavy (non-hydrogen) atoms. The van der Waals surface area contributed by atoms with Gasteiger partial charge in [-0.15, -0.1) is 18.3 Å². The van der Waals surface area contributed by atoms with E-state index < -0.39 is 0 Å². The van der Waals surface area contributed by atoms with Crippen LogP contribution in [0, 0.1) is 13.8 Å². The van der Waals surface area contributed by atoms with Crippen molar-refractivity contribution in [2.24, 2.45) is 0 Å². The average molecular weight is 221 g/mol. The largest absolute Gasteiger partial charge is 0.312 e. The van der Waals surface area contributed by atoms with Crippen molar-refractivity contribution in [2.75, 3.05) is 18.8 Å². The fourth-order valence-corrected chi connectivity index (χ4v) is 2.32. The zero-order valence-corrected chi connectivity index (χ0v) is 10.4. The Morgan fingerprint density at radius 2 is 2.20 bits per heavy atom. The monoisotopic (exact) mass is 221 g/mol. The summed E-state index contributed by atoms with van der Waals surface area (Å²) in [7, 11) is 0. The van der Waals surface area contributed by atoms with Crippen LogP contribution in [0.4, 0.5) is 0 Å². The third-order valence-corrected chi connectivity index (χ3v) is 3.33. The molecule has 0 heterocycles. The summed E-state index contributed by atoms with van der Waals surface area (Å²) in [6, 6.07) is 6.62. The molecule has 0 radical (unpaired) electrons. The Morgan fingerprint density at radius 3 is 2.87 bits per heavy atom. The fraction of sp³-hybridized carbons (Fsp3) is 0.385. The molecule has 1 N–H and O–H groups in total. The van der Waals surface area contributed by atoms with E-state index in [9.17, 15) is 0 Å². The molecule has 1 rings (SSSR count). The highest BCUT2D eigenvalue weighted by Crippen LogP contribution is 2.22. The van der Waals surface area contributed by atoms with Gasteiger partial charge in [-0.3, -0.25) is 0 Å². The first kappa shape index (κ1) is 12.3. The van der Waals surface area contributed by atoms with E-state index in [1.165, 1.54) is 16.0 Å². The van der Waals surface area contributed by atoms with Crippen molar-refractivity contribution in [2.45, 2.75) is 18.7 Å². The molecule has 0 saturated heterocycles. The summed E-state index contributed by atoms with van der Waals surface area (Å²) in [4.78, 5) is 1.39. The number of thioether (sulfide) groups is 1. The Hall–Kier alpha value is -0.730. The minimum absolute atomic E-state index is 0.896. The van der Waals surface area contributed by atoms with Crippen molar-refractivity contribution in [1.29, 1.82) is 0 Å². The van der Waals surface area contributed by atoms with Crippen LogP contribution in [0.2, 0.25) is 0 Å². The highest BCUT2D eigenvalue weighted by atomic mass is 32.2. The summed E-state index contributed by atoms with van der Waals surface area (Å²) in [5.74, 6) is 1.11.